The fourth-order valence-electron chi connectivity index (χ4n) is 1.94. The molecule has 0 aliphatic rings. The minimum Gasteiger partial charge on any atom is -0.493 e. The van der Waals surface area contributed by atoms with Gasteiger partial charge in [-0.05, 0) is 36.8 Å². The largest absolute Gasteiger partial charge is 0.493 e. The summed E-state index contributed by atoms with van der Waals surface area (Å²) in [6.07, 6.45) is 1.61. The summed E-state index contributed by atoms with van der Waals surface area (Å²) >= 11 is 5.84. The summed E-state index contributed by atoms with van der Waals surface area (Å²) in [5.74, 6) is -0.337. The highest BCUT2D eigenvalue weighted by Gasteiger charge is 2.12. The van der Waals surface area contributed by atoms with Crippen molar-refractivity contribution in [1.29, 1.82) is 0 Å². The Morgan fingerprint density at radius 1 is 1.19 bits per heavy atom. The zero-order chi connectivity index (χ0) is 15.2. The number of aliphatic carboxylic acids is 1. The minimum atomic E-state index is -0.997. The Morgan fingerprint density at radius 2 is 1.86 bits per heavy atom. The van der Waals surface area contributed by atoms with Crippen molar-refractivity contribution in [3.63, 3.8) is 0 Å². The van der Waals surface area contributed by atoms with Gasteiger partial charge >= 0.3 is 5.97 Å². The number of rotatable bonds is 5. The molecule has 2 aromatic rings. The van der Waals surface area contributed by atoms with Gasteiger partial charge in [-0.1, -0.05) is 41.9 Å². The van der Waals surface area contributed by atoms with E-state index >= 15 is 0 Å². The second-order valence-corrected chi connectivity index (χ2v) is 4.78. The summed E-state index contributed by atoms with van der Waals surface area (Å²) in [4.78, 5) is 11.5. The Bertz CT molecular complexity index is 660. The second-order valence-electron chi connectivity index (χ2n) is 4.34. The maximum absolute atomic E-state index is 11.5. The third kappa shape index (κ3) is 3.86. The average Bonchev–Trinajstić information content (AvgIpc) is 2.47. The number of hydrogen-bond donors (Lipinski definition) is 1. The highest BCUT2D eigenvalue weighted by atomic mass is 35.5. The van der Waals surface area contributed by atoms with Gasteiger partial charge in [-0.2, -0.15) is 0 Å². The van der Waals surface area contributed by atoms with E-state index in [4.69, 9.17) is 16.3 Å². The zero-order valence-corrected chi connectivity index (χ0v) is 12.3. The molecule has 21 heavy (non-hydrogen) atoms. The molecule has 0 bridgehead atoms. The molecule has 2 aromatic carbocycles. The number of carboxylic acids is 1. The molecule has 2 rings (SSSR count). The lowest BCUT2D eigenvalue weighted by atomic mass is 10.0. The number of benzene rings is 2. The lowest BCUT2D eigenvalue weighted by molar-refractivity contribution is -0.130. The SMILES string of the molecule is CCOc1ccccc1/C=C(\C(=O)O)c1ccc(Cl)cc1. The number of halogens is 1. The smallest absolute Gasteiger partial charge is 0.336 e. The van der Waals surface area contributed by atoms with Crippen LogP contribution in [-0.2, 0) is 4.79 Å². The molecule has 1 N–H and O–H groups in total. The quantitative estimate of drug-likeness (QED) is 0.659. The van der Waals surface area contributed by atoms with Gasteiger partial charge in [0.05, 0.1) is 12.2 Å². The van der Waals surface area contributed by atoms with Crippen LogP contribution in [0.25, 0.3) is 11.6 Å². The van der Waals surface area contributed by atoms with Crippen LogP contribution in [0.1, 0.15) is 18.1 Å². The van der Waals surface area contributed by atoms with Gasteiger partial charge in [0.2, 0.25) is 0 Å². The van der Waals surface area contributed by atoms with E-state index in [0.717, 1.165) is 5.56 Å². The van der Waals surface area contributed by atoms with Crippen LogP contribution < -0.4 is 4.74 Å². The molecule has 0 heterocycles. The summed E-state index contributed by atoms with van der Waals surface area (Å²) in [5.41, 5.74) is 1.52. The average molecular weight is 303 g/mol. The summed E-state index contributed by atoms with van der Waals surface area (Å²) in [5, 5.41) is 10.0. The predicted molar refractivity (Wildman–Crippen MR) is 84.6 cm³/mol. The number of ether oxygens (including phenoxy) is 1. The molecule has 0 aromatic heterocycles. The molecule has 0 fully saturated rings. The highest BCUT2D eigenvalue weighted by molar-refractivity contribution is 6.30. The van der Waals surface area contributed by atoms with Gasteiger partial charge in [0.15, 0.2) is 0 Å². The molecule has 0 saturated carbocycles. The van der Waals surface area contributed by atoms with Gasteiger partial charge in [0.1, 0.15) is 5.75 Å². The Morgan fingerprint density at radius 3 is 2.48 bits per heavy atom. The van der Waals surface area contributed by atoms with Gasteiger partial charge in [-0.25, -0.2) is 4.79 Å². The van der Waals surface area contributed by atoms with E-state index in [1.54, 1.807) is 30.3 Å². The van der Waals surface area contributed by atoms with Gasteiger partial charge in [-0.3, -0.25) is 0 Å². The number of para-hydroxylation sites is 1. The molecule has 0 radical (unpaired) electrons. The van der Waals surface area contributed by atoms with E-state index in [0.29, 0.717) is 22.9 Å². The Labute approximate surface area is 128 Å². The predicted octanol–water partition coefficient (Wildman–Crippen LogP) is 4.36. The van der Waals surface area contributed by atoms with Crippen molar-refractivity contribution in [2.45, 2.75) is 6.92 Å². The van der Waals surface area contributed by atoms with Crippen LogP contribution in [0.5, 0.6) is 5.75 Å². The van der Waals surface area contributed by atoms with Crippen molar-refractivity contribution in [2.75, 3.05) is 6.61 Å². The van der Waals surface area contributed by atoms with Gasteiger partial charge in [-0.15, -0.1) is 0 Å². The summed E-state index contributed by atoms with van der Waals surface area (Å²) in [6.45, 7) is 2.41. The van der Waals surface area contributed by atoms with Crippen LogP contribution in [-0.4, -0.2) is 17.7 Å². The molecule has 0 aliphatic carbocycles. The van der Waals surface area contributed by atoms with Crippen molar-refractivity contribution in [2.24, 2.45) is 0 Å². The molecular formula is C17H15ClO3. The summed E-state index contributed by atoms with van der Waals surface area (Å²) in [6, 6.07) is 14.0. The normalized spacial score (nSPS) is 11.2. The van der Waals surface area contributed by atoms with E-state index < -0.39 is 5.97 Å². The molecular weight excluding hydrogens is 288 g/mol. The third-order valence-corrected chi connectivity index (χ3v) is 3.16. The van der Waals surface area contributed by atoms with E-state index in [1.807, 2.05) is 31.2 Å². The van der Waals surface area contributed by atoms with Crippen molar-refractivity contribution >= 4 is 29.2 Å². The number of carboxylic acid groups (broad SMARTS) is 1. The topological polar surface area (TPSA) is 46.5 Å². The first-order valence-corrected chi connectivity index (χ1v) is 6.92. The van der Waals surface area contributed by atoms with Crippen LogP contribution in [0.2, 0.25) is 5.02 Å². The van der Waals surface area contributed by atoms with Crippen LogP contribution >= 0.6 is 11.6 Å². The lowest BCUT2D eigenvalue weighted by Crippen LogP contribution is -2.00. The van der Waals surface area contributed by atoms with Gasteiger partial charge < -0.3 is 9.84 Å². The molecule has 0 saturated heterocycles. The monoisotopic (exact) mass is 302 g/mol. The fourth-order valence-corrected chi connectivity index (χ4v) is 2.07. The van der Waals surface area contributed by atoms with E-state index in [1.165, 1.54) is 0 Å². The molecule has 0 aliphatic heterocycles. The molecule has 108 valence electrons. The molecule has 3 nitrogen and oxygen atoms in total. The van der Waals surface area contributed by atoms with Crippen LogP contribution in [0, 0.1) is 0 Å². The standard InChI is InChI=1S/C17H15ClO3/c1-2-21-16-6-4-3-5-13(16)11-15(17(19)20)12-7-9-14(18)10-8-12/h3-11H,2H2,1H3,(H,19,20)/b15-11-. The minimum absolute atomic E-state index is 0.193. The first-order valence-electron chi connectivity index (χ1n) is 6.54. The van der Waals surface area contributed by atoms with Crippen LogP contribution in [0.15, 0.2) is 48.5 Å². The van der Waals surface area contributed by atoms with Crippen LogP contribution in [0.3, 0.4) is 0 Å². The number of hydrogen-bond acceptors (Lipinski definition) is 2. The molecule has 4 heteroatoms. The second kappa shape index (κ2) is 6.95. The third-order valence-electron chi connectivity index (χ3n) is 2.90. The molecule has 0 unspecified atom stereocenters. The van der Waals surface area contributed by atoms with E-state index in [-0.39, 0.29) is 5.57 Å². The van der Waals surface area contributed by atoms with Gasteiger partial charge in [0.25, 0.3) is 0 Å². The Kier molecular flexibility index (Phi) is 5.01. The molecule has 0 amide bonds. The maximum atomic E-state index is 11.5. The van der Waals surface area contributed by atoms with Crippen molar-refractivity contribution in [3.05, 3.63) is 64.7 Å². The summed E-state index contributed by atoms with van der Waals surface area (Å²) < 4.78 is 5.51. The molecule has 0 spiro atoms. The van der Waals surface area contributed by atoms with E-state index in [2.05, 4.69) is 0 Å². The van der Waals surface area contributed by atoms with Gasteiger partial charge in [0, 0.05) is 10.6 Å². The Balaban J connectivity index is 2.47. The first-order chi connectivity index (χ1) is 10.1. The van der Waals surface area contributed by atoms with Crippen molar-refractivity contribution in [1.82, 2.24) is 0 Å². The van der Waals surface area contributed by atoms with E-state index in [9.17, 15) is 9.90 Å². The summed E-state index contributed by atoms with van der Waals surface area (Å²) in [7, 11) is 0. The number of carbonyl (C=O) groups is 1. The van der Waals surface area contributed by atoms with Crippen LogP contribution in [0.4, 0.5) is 0 Å². The van der Waals surface area contributed by atoms with Crippen molar-refractivity contribution < 1.29 is 14.6 Å². The Hall–Kier alpha value is -2.26. The first kappa shape index (κ1) is 15.1. The van der Waals surface area contributed by atoms with Crippen molar-refractivity contribution in [3.8, 4) is 5.75 Å². The zero-order valence-electron chi connectivity index (χ0n) is 11.5. The maximum Gasteiger partial charge on any atom is 0.336 e. The molecule has 0 atom stereocenters. The fraction of sp³-hybridized carbons (Fsp3) is 0.118. The lowest BCUT2D eigenvalue weighted by Gasteiger charge is -2.08. The highest BCUT2D eigenvalue weighted by Crippen LogP contribution is 2.25.